The molecule has 0 bridgehead atoms. The highest BCUT2D eigenvalue weighted by molar-refractivity contribution is 5.80. The quantitative estimate of drug-likeness (QED) is 0.757. The van der Waals surface area contributed by atoms with Gasteiger partial charge in [-0.15, -0.1) is 10.2 Å². The predicted octanol–water partition coefficient (Wildman–Crippen LogP) is 1.43. The van der Waals surface area contributed by atoms with E-state index in [2.05, 4.69) is 31.2 Å². The fourth-order valence-corrected chi connectivity index (χ4v) is 4.94. The summed E-state index contributed by atoms with van der Waals surface area (Å²) in [4.78, 5) is 17.5. The summed E-state index contributed by atoms with van der Waals surface area (Å²) in [5, 5.41) is 12.6. The first-order valence-electron chi connectivity index (χ1n) is 9.99. The summed E-state index contributed by atoms with van der Waals surface area (Å²) in [6, 6.07) is 2.06. The van der Waals surface area contributed by atoms with E-state index in [1.807, 2.05) is 6.92 Å². The predicted molar refractivity (Wildman–Crippen MR) is 99.6 cm³/mol. The number of aromatic nitrogens is 4. The van der Waals surface area contributed by atoms with E-state index in [9.17, 15) is 4.79 Å². The Morgan fingerprint density at radius 2 is 2.00 bits per heavy atom. The van der Waals surface area contributed by atoms with Gasteiger partial charge in [-0.25, -0.2) is 0 Å². The lowest BCUT2D eigenvalue weighted by atomic mass is 9.76. The number of carbonyl (C=O) groups is 1. The minimum atomic E-state index is -0.299. The molecule has 1 atom stereocenters. The van der Waals surface area contributed by atoms with Gasteiger partial charge in [0.1, 0.15) is 12.4 Å². The van der Waals surface area contributed by atoms with Gasteiger partial charge in [0.05, 0.1) is 16.8 Å². The fraction of sp³-hybridized carbons (Fsp3) is 0.684. The first-order chi connectivity index (χ1) is 13.1. The monoisotopic (exact) mass is 370 g/mol. The SMILES string of the molecule is Cc1cc(N2CCC3(CC2)CC(CN2CCCC2)OC3=O)c2nncn2n1. The lowest BCUT2D eigenvalue weighted by molar-refractivity contribution is -0.150. The minimum absolute atomic E-state index is 0.0184. The van der Waals surface area contributed by atoms with Crippen LogP contribution in [-0.2, 0) is 9.53 Å². The molecule has 0 saturated carbocycles. The van der Waals surface area contributed by atoms with Crippen molar-refractivity contribution in [2.24, 2.45) is 5.41 Å². The first kappa shape index (κ1) is 16.9. The smallest absolute Gasteiger partial charge is 0.312 e. The maximum absolute atomic E-state index is 12.7. The van der Waals surface area contributed by atoms with Gasteiger partial charge in [-0.05, 0) is 51.8 Å². The van der Waals surface area contributed by atoms with Crippen molar-refractivity contribution < 1.29 is 9.53 Å². The summed E-state index contributed by atoms with van der Waals surface area (Å²) in [5.41, 5.74) is 2.46. The number of piperidine rings is 1. The number of likely N-dealkylation sites (tertiary alicyclic amines) is 1. The topological polar surface area (TPSA) is 75.9 Å². The Morgan fingerprint density at radius 1 is 1.22 bits per heavy atom. The van der Waals surface area contributed by atoms with Crippen molar-refractivity contribution in [2.75, 3.05) is 37.6 Å². The van der Waals surface area contributed by atoms with E-state index in [0.29, 0.717) is 0 Å². The van der Waals surface area contributed by atoms with Crippen LogP contribution in [-0.4, -0.2) is 69.5 Å². The van der Waals surface area contributed by atoms with Crippen molar-refractivity contribution in [3.8, 4) is 0 Å². The molecule has 3 aliphatic heterocycles. The molecule has 2 aromatic heterocycles. The molecule has 27 heavy (non-hydrogen) atoms. The zero-order chi connectivity index (χ0) is 18.4. The number of ether oxygens (including phenoxy) is 1. The molecule has 2 aromatic rings. The van der Waals surface area contributed by atoms with Crippen LogP contribution in [0.4, 0.5) is 5.69 Å². The minimum Gasteiger partial charge on any atom is -0.461 e. The molecule has 8 heteroatoms. The first-order valence-corrected chi connectivity index (χ1v) is 9.99. The third kappa shape index (κ3) is 2.96. The van der Waals surface area contributed by atoms with E-state index < -0.39 is 0 Å². The van der Waals surface area contributed by atoms with Crippen LogP contribution in [0.1, 0.15) is 37.8 Å². The maximum atomic E-state index is 12.7. The van der Waals surface area contributed by atoms with Gasteiger partial charge in [0.2, 0.25) is 5.65 Å². The molecule has 0 aliphatic carbocycles. The van der Waals surface area contributed by atoms with Gasteiger partial charge in [-0.1, -0.05) is 0 Å². The van der Waals surface area contributed by atoms with E-state index in [0.717, 1.165) is 69.0 Å². The molecule has 3 saturated heterocycles. The van der Waals surface area contributed by atoms with Crippen LogP contribution in [0, 0.1) is 12.3 Å². The van der Waals surface area contributed by atoms with Crippen LogP contribution in [0.3, 0.4) is 0 Å². The van der Waals surface area contributed by atoms with Crippen molar-refractivity contribution >= 4 is 17.3 Å². The number of nitrogens with zero attached hydrogens (tertiary/aromatic N) is 6. The summed E-state index contributed by atoms with van der Waals surface area (Å²) in [6.45, 7) is 6.83. The number of fused-ring (bicyclic) bond motifs is 1. The summed E-state index contributed by atoms with van der Waals surface area (Å²) in [7, 11) is 0. The van der Waals surface area contributed by atoms with Crippen LogP contribution in [0.25, 0.3) is 5.65 Å². The number of cyclic esters (lactones) is 1. The average molecular weight is 370 g/mol. The second kappa shape index (κ2) is 6.44. The van der Waals surface area contributed by atoms with E-state index in [-0.39, 0.29) is 17.5 Å². The molecule has 0 radical (unpaired) electrons. The molecule has 8 nitrogen and oxygen atoms in total. The van der Waals surface area contributed by atoms with Crippen LogP contribution in [0.15, 0.2) is 12.4 Å². The number of rotatable bonds is 3. The number of aryl methyl sites for hydroxylation is 1. The van der Waals surface area contributed by atoms with E-state index >= 15 is 0 Å². The largest absolute Gasteiger partial charge is 0.461 e. The van der Waals surface area contributed by atoms with Crippen molar-refractivity contribution in [1.82, 2.24) is 24.7 Å². The molecule has 5 heterocycles. The third-order valence-electron chi connectivity index (χ3n) is 6.42. The highest BCUT2D eigenvalue weighted by Crippen LogP contribution is 2.44. The molecule has 0 N–H and O–H groups in total. The molecule has 1 unspecified atom stereocenters. The maximum Gasteiger partial charge on any atom is 0.312 e. The Labute approximate surface area is 158 Å². The molecule has 5 rings (SSSR count). The Hall–Kier alpha value is -2.22. The summed E-state index contributed by atoms with van der Waals surface area (Å²) in [5.74, 6) is 0.0184. The van der Waals surface area contributed by atoms with E-state index in [4.69, 9.17) is 4.74 Å². The lowest BCUT2D eigenvalue weighted by Crippen LogP contribution is -2.43. The van der Waals surface area contributed by atoms with Gasteiger partial charge in [0.25, 0.3) is 0 Å². The molecule has 3 fully saturated rings. The lowest BCUT2D eigenvalue weighted by Gasteiger charge is -2.37. The zero-order valence-electron chi connectivity index (χ0n) is 15.8. The molecular formula is C19H26N6O2. The summed E-state index contributed by atoms with van der Waals surface area (Å²) in [6.07, 6.45) is 6.77. The van der Waals surface area contributed by atoms with E-state index in [1.54, 1.807) is 10.8 Å². The molecule has 0 amide bonds. The van der Waals surface area contributed by atoms with Gasteiger partial charge < -0.3 is 9.64 Å². The van der Waals surface area contributed by atoms with Crippen molar-refractivity contribution in [3.05, 3.63) is 18.1 Å². The summed E-state index contributed by atoms with van der Waals surface area (Å²) < 4.78 is 7.53. The Balaban J connectivity index is 1.29. The van der Waals surface area contributed by atoms with Crippen LogP contribution >= 0.6 is 0 Å². The van der Waals surface area contributed by atoms with Crippen molar-refractivity contribution in [1.29, 1.82) is 0 Å². The second-order valence-electron chi connectivity index (χ2n) is 8.28. The summed E-state index contributed by atoms with van der Waals surface area (Å²) >= 11 is 0. The highest BCUT2D eigenvalue weighted by atomic mass is 16.6. The highest BCUT2D eigenvalue weighted by Gasteiger charge is 2.50. The van der Waals surface area contributed by atoms with Gasteiger partial charge in [0.15, 0.2) is 0 Å². The number of hydrogen-bond acceptors (Lipinski definition) is 7. The molecular weight excluding hydrogens is 344 g/mol. The Morgan fingerprint density at radius 3 is 2.78 bits per heavy atom. The Kier molecular flexibility index (Phi) is 4.03. The standard InChI is InChI=1S/C19H26N6O2/c1-14-10-16(17-21-20-13-25(17)22-14)24-8-4-19(5-9-24)11-15(27-18(19)26)12-23-6-2-3-7-23/h10,13,15H,2-9,11-12H2,1H3. The van der Waals surface area contributed by atoms with Gasteiger partial charge in [-0.3, -0.25) is 9.69 Å². The zero-order valence-corrected chi connectivity index (χ0v) is 15.8. The average Bonchev–Trinajstić information content (AvgIpc) is 3.38. The molecule has 3 aliphatic rings. The van der Waals surface area contributed by atoms with Gasteiger partial charge in [0, 0.05) is 26.1 Å². The van der Waals surface area contributed by atoms with Crippen LogP contribution in [0.5, 0.6) is 0 Å². The third-order valence-corrected chi connectivity index (χ3v) is 6.42. The van der Waals surface area contributed by atoms with Crippen molar-refractivity contribution in [2.45, 2.75) is 45.1 Å². The van der Waals surface area contributed by atoms with Crippen molar-refractivity contribution in [3.63, 3.8) is 0 Å². The molecule has 0 aromatic carbocycles. The Bertz CT molecular complexity index is 851. The second-order valence-corrected chi connectivity index (χ2v) is 8.28. The number of carbonyl (C=O) groups excluding carboxylic acids is 1. The fourth-order valence-electron chi connectivity index (χ4n) is 4.94. The number of anilines is 1. The van der Waals surface area contributed by atoms with Crippen LogP contribution < -0.4 is 4.90 Å². The molecule has 1 spiro atoms. The normalized spacial score (nSPS) is 25.6. The number of esters is 1. The van der Waals surface area contributed by atoms with E-state index in [1.165, 1.54) is 12.8 Å². The van der Waals surface area contributed by atoms with Gasteiger partial charge >= 0.3 is 5.97 Å². The number of hydrogen-bond donors (Lipinski definition) is 0. The molecule has 144 valence electrons. The van der Waals surface area contributed by atoms with Gasteiger partial charge in [-0.2, -0.15) is 9.61 Å². The van der Waals surface area contributed by atoms with Crippen LogP contribution in [0.2, 0.25) is 0 Å².